The molecule has 94 valence electrons. The zero-order chi connectivity index (χ0) is 13.0. The third-order valence-electron chi connectivity index (χ3n) is 2.67. The van der Waals surface area contributed by atoms with E-state index in [-0.39, 0.29) is 0 Å². The van der Waals surface area contributed by atoms with Crippen LogP contribution in [0.4, 0.5) is 11.4 Å². The van der Waals surface area contributed by atoms with Gasteiger partial charge >= 0.3 is 0 Å². The molecule has 2 aromatic carbocycles. The van der Waals surface area contributed by atoms with Gasteiger partial charge < -0.3 is 15.8 Å². The Morgan fingerprint density at radius 3 is 2.72 bits per heavy atom. The Bertz CT molecular complexity index is 543. The lowest BCUT2D eigenvalue weighted by Gasteiger charge is -2.12. The highest BCUT2D eigenvalue weighted by atomic mass is 79.9. The Balaban J connectivity index is 2.15. The maximum absolute atomic E-state index is 5.88. The molecule has 2 aromatic rings. The number of rotatable bonds is 4. The van der Waals surface area contributed by atoms with E-state index in [1.165, 1.54) is 0 Å². The summed E-state index contributed by atoms with van der Waals surface area (Å²) in [5.74, 6) is 0.861. The zero-order valence-electron chi connectivity index (χ0n) is 10.1. The van der Waals surface area contributed by atoms with Gasteiger partial charge in [-0.15, -0.1) is 0 Å². The van der Waals surface area contributed by atoms with Crippen molar-refractivity contribution in [3.05, 3.63) is 52.5 Å². The van der Waals surface area contributed by atoms with Crippen molar-refractivity contribution in [1.82, 2.24) is 0 Å². The number of anilines is 2. The summed E-state index contributed by atoms with van der Waals surface area (Å²) in [6.07, 6.45) is 0. The average molecular weight is 307 g/mol. The van der Waals surface area contributed by atoms with Gasteiger partial charge in [0.05, 0.1) is 18.5 Å². The molecule has 0 radical (unpaired) electrons. The summed E-state index contributed by atoms with van der Waals surface area (Å²) in [5.41, 5.74) is 8.63. The second-order valence-electron chi connectivity index (χ2n) is 3.90. The van der Waals surface area contributed by atoms with Crippen LogP contribution in [-0.4, -0.2) is 7.11 Å². The first-order valence-electron chi connectivity index (χ1n) is 5.61. The monoisotopic (exact) mass is 306 g/mol. The van der Waals surface area contributed by atoms with Crippen LogP contribution in [0.5, 0.6) is 5.75 Å². The highest BCUT2D eigenvalue weighted by Gasteiger charge is 2.04. The normalized spacial score (nSPS) is 10.1. The predicted octanol–water partition coefficient (Wildman–Crippen LogP) is 3.65. The number of ether oxygens (including phenoxy) is 1. The summed E-state index contributed by atoms with van der Waals surface area (Å²) < 4.78 is 6.36. The van der Waals surface area contributed by atoms with E-state index >= 15 is 0 Å². The SMILES string of the molecule is COc1ccc(Br)cc1CNc1ccccc1N. The first kappa shape index (κ1) is 12.8. The molecule has 0 aliphatic heterocycles. The number of methoxy groups -OCH3 is 1. The summed E-state index contributed by atoms with van der Waals surface area (Å²) in [5, 5.41) is 3.31. The Kier molecular flexibility index (Phi) is 4.10. The number of para-hydroxylation sites is 2. The highest BCUT2D eigenvalue weighted by Crippen LogP contribution is 2.25. The van der Waals surface area contributed by atoms with E-state index in [0.29, 0.717) is 6.54 Å². The first-order chi connectivity index (χ1) is 8.70. The fraction of sp³-hybridized carbons (Fsp3) is 0.143. The largest absolute Gasteiger partial charge is 0.496 e. The van der Waals surface area contributed by atoms with Gasteiger partial charge in [-0.25, -0.2) is 0 Å². The molecule has 0 aromatic heterocycles. The third kappa shape index (κ3) is 2.96. The lowest BCUT2D eigenvalue weighted by atomic mass is 10.2. The standard InChI is InChI=1S/C14H15BrN2O/c1-18-14-7-6-11(15)8-10(14)9-17-13-5-3-2-4-12(13)16/h2-8,17H,9,16H2,1H3. The fourth-order valence-corrected chi connectivity index (χ4v) is 2.14. The second-order valence-corrected chi connectivity index (χ2v) is 4.81. The van der Waals surface area contributed by atoms with Crippen LogP contribution in [0.1, 0.15) is 5.56 Å². The van der Waals surface area contributed by atoms with E-state index in [0.717, 1.165) is 27.2 Å². The number of hydrogen-bond donors (Lipinski definition) is 2. The van der Waals surface area contributed by atoms with Crippen molar-refractivity contribution in [2.45, 2.75) is 6.54 Å². The predicted molar refractivity (Wildman–Crippen MR) is 78.9 cm³/mol. The molecule has 0 saturated heterocycles. The Morgan fingerprint density at radius 1 is 1.22 bits per heavy atom. The molecule has 18 heavy (non-hydrogen) atoms. The van der Waals surface area contributed by atoms with Gasteiger partial charge in [-0.05, 0) is 30.3 Å². The number of nitrogens with one attached hydrogen (secondary N) is 1. The number of hydrogen-bond acceptors (Lipinski definition) is 3. The zero-order valence-corrected chi connectivity index (χ0v) is 11.7. The van der Waals surface area contributed by atoms with Crippen molar-refractivity contribution in [1.29, 1.82) is 0 Å². The van der Waals surface area contributed by atoms with Crippen molar-refractivity contribution in [2.24, 2.45) is 0 Å². The Hall–Kier alpha value is -1.68. The minimum Gasteiger partial charge on any atom is -0.496 e. The first-order valence-corrected chi connectivity index (χ1v) is 6.41. The molecule has 0 unspecified atom stereocenters. The number of benzene rings is 2. The van der Waals surface area contributed by atoms with Crippen molar-refractivity contribution in [2.75, 3.05) is 18.2 Å². The van der Waals surface area contributed by atoms with E-state index in [1.54, 1.807) is 7.11 Å². The van der Waals surface area contributed by atoms with E-state index in [1.807, 2.05) is 42.5 Å². The second kappa shape index (κ2) is 5.78. The van der Waals surface area contributed by atoms with Crippen LogP contribution >= 0.6 is 15.9 Å². The van der Waals surface area contributed by atoms with Crippen LogP contribution in [0, 0.1) is 0 Å². The summed E-state index contributed by atoms with van der Waals surface area (Å²) in [6.45, 7) is 0.664. The van der Waals surface area contributed by atoms with Gasteiger partial charge in [-0.2, -0.15) is 0 Å². The third-order valence-corrected chi connectivity index (χ3v) is 3.17. The molecule has 0 aliphatic carbocycles. The van der Waals surface area contributed by atoms with Gasteiger partial charge in [-0.3, -0.25) is 0 Å². The molecule has 3 nitrogen and oxygen atoms in total. The molecule has 0 bridgehead atoms. The van der Waals surface area contributed by atoms with Crippen LogP contribution < -0.4 is 15.8 Å². The molecule has 0 fully saturated rings. The molecule has 0 aliphatic rings. The van der Waals surface area contributed by atoms with Gasteiger partial charge in [0.2, 0.25) is 0 Å². The molecule has 4 heteroatoms. The molecule has 3 N–H and O–H groups in total. The average Bonchev–Trinajstić information content (AvgIpc) is 2.38. The van der Waals surface area contributed by atoms with Crippen LogP contribution in [-0.2, 0) is 6.54 Å². The van der Waals surface area contributed by atoms with E-state index < -0.39 is 0 Å². The number of nitrogen functional groups attached to an aromatic ring is 1. The molecular formula is C14H15BrN2O. The summed E-state index contributed by atoms with van der Waals surface area (Å²) >= 11 is 3.46. The molecule has 2 rings (SSSR count). The highest BCUT2D eigenvalue weighted by molar-refractivity contribution is 9.10. The molecular weight excluding hydrogens is 292 g/mol. The van der Waals surface area contributed by atoms with Crippen LogP contribution in [0.15, 0.2) is 46.9 Å². The minimum absolute atomic E-state index is 0.664. The fourth-order valence-electron chi connectivity index (χ4n) is 1.73. The van der Waals surface area contributed by atoms with Crippen molar-refractivity contribution >= 4 is 27.3 Å². The number of halogens is 1. The smallest absolute Gasteiger partial charge is 0.123 e. The Morgan fingerprint density at radius 2 is 2.00 bits per heavy atom. The lowest BCUT2D eigenvalue weighted by molar-refractivity contribution is 0.410. The molecule has 0 amide bonds. The van der Waals surface area contributed by atoms with Crippen LogP contribution in [0.25, 0.3) is 0 Å². The van der Waals surface area contributed by atoms with Gasteiger partial charge in [0.1, 0.15) is 5.75 Å². The van der Waals surface area contributed by atoms with Crippen molar-refractivity contribution in [3.8, 4) is 5.75 Å². The van der Waals surface area contributed by atoms with Gasteiger partial charge in [0.15, 0.2) is 0 Å². The lowest BCUT2D eigenvalue weighted by Crippen LogP contribution is -2.03. The minimum atomic E-state index is 0.664. The van der Waals surface area contributed by atoms with Gasteiger partial charge in [0, 0.05) is 16.6 Å². The summed E-state index contributed by atoms with van der Waals surface area (Å²) in [4.78, 5) is 0. The number of nitrogens with two attached hydrogens (primary N) is 1. The van der Waals surface area contributed by atoms with E-state index in [4.69, 9.17) is 10.5 Å². The van der Waals surface area contributed by atoms with Crippen molar-refractivity contribution in [3.63, 3.8) is 0 Å². The van der Waals surface area contributed by atoms with E-state index in [9.17, 15) is 0 Å². The van der Waals surface area contributed by atoms with Crippen LogP contribution in [0.2, 0.25) is 0 Å². The van der Waals surface area contributed by atoms with E-state index in [2.05, 4.69) is 21.2 Å². The van der Waals surface area contributed by atoms with Gasteiger partial charge in [0.25, 0.3) is 0 Å². The van der Waals surface area contributed by atoms with Crippen molar-refractivity contribution < 1.29 is 4.74 Å². The summed E-state index contributed by atoms with van der Waals surface area (Å²) in [7, 11) is 1.67. The molecule has 0 spiro atoms. The topological polar surface area (TPSA) is 47.3 Å². The molecule has 0 heterocycles. The molecule has 0 atom stereocenters. The quantitative estimate of drug-likeness (QED) is 0.848. The summed E-state index contributed by atoms with van der Waals surface area (Å²) in [6, 6.07) is 13.6. The molecule has 0 saturated carbocycles. The maximum Gasteiger partial charge on any atom is 0.123 e. The van der Waals surface area contributed by atoms with Gasteiger partial charge in [-0.1, -0.05) is 28.1 Å². The van der Waals surface area contributed by atoms with Crippen LogP contribution in [0.3, 0.4) is 0 Å². The Labute approximate surface area is 115 Å². The maximum atomic E-state index is 5.88.